The highest BCUT2D eigenvalue weighted by Crippen LogP contribution is 2.32. The molecule has 0 radical (unpaired) electrons. The van der Waals surface area contributed by atoms with Gasteiger partial charge in [-0.3, -0.25) is 14.2 Å². The number of carbonyl (C=O) groups is 1. The maximum atomic E-state index is 13.9. The Morgan fingerprint density at radius 1 is 1.12 bits per heavy atom. The number of amides is 1. The number of fused-ring (bicyclic) bond motifs is 2. The Kier molecular flexibility index (Phi) is 5.08. The zero-order valence-electron chi connectivity index (χ0n) is 18.1. The van der Waals surface area contributed by atoms with E-state index >= 15 is 0 Å². The number of aromatic nitrogens is 3. The fourth-order valence-corrected chi connectivity index (χ4v) is 4.06. The van der Waals surface area contributed by atoms with Crippen molar-refractivity contribution in [1.29, 1.82) is 0 Å². The van der Waals surface area contributed by atoms with E-state index in [2.05, 4.69) is 10.4 Å². The van der Waals surface area contributed by atoms with E-state index in [1.165, 1.54) is 27.4 Å². The van der Waals surface area contributed by atoms with Crippen LogP contribution in [0.1, 0.15) is 16.8 Å². The van der Waals surface area contributed by atoms with Crippen molar-refractivity contribution in [2.75, 3.05) is 6.79 Å². The van der Waals surface area contributed by atoms with Gasteiger partial charge in [0, 0.05) is 18.0 Å². The average molecular weight is 448 g/mol. The zero-order valence-corrected chi connectivity index (χ0v) is 18.1. The smallest absolute Gasteiger partial charge is 0.252 e. The summed E-state index contributed by atoms with van der Waals surface area (Å²) in [5.74, 6) is 0.536. The monoisotopic (exact) mass is 448 g/mol. The molecule has 33 heavy (non-hydrogen) atoms. The minimum Gasteiger partial charge on any atom is -0.454 e. The lowest BCUT2D eigenvalue weighted by atomic mass is 10.1. The van der Waals surface area contributed by atoms with E-state index in [0.717, 1.165) is 16.5 Å². The van der Waals surface area contributed by atoms with Crippen LogP contribution < -0.4 is 20.3 Å². The maximum Gasteiger partial charge on any atom is 0.252 e. The van der Waals surface area contributed by atoms with Crippen molar-refractivity contribution in [3.8, 4) is 17.2 Å². The molecule has 0 unspecified atom stereocenters. The third-order valence-corrected chi connectivity index (χ3v) is 5.57. The first kappa shape index (κ1) is 20.7. The van der Waals surface area contributed by atoms with Gasteiger partial charge in [0.25, 0.3) is 5.56 Å². The molecule has 2 aromatic carbocycles. The van der Waals surface area contributed by atoms with Gasteiger partial charge in [0.05, 0.1) is 11.4 Å². The van der Waals surface area contributed by atoms with Crippen molar-refractivity contribution in [3.05, 3.63) is 81.5 Å². The predicted molar refractivity (Wildman–Crippen MR) is 119 cm³/mol. The molecule has 0 saturated heterocycles. The Balaban J connectivity index is 1.47. The van der Waals surface area contributed by atoms with E-state index in [4.69, 9.17) is 9.47 Å². The molecule has 1 amide bonds. The molecular weight excluding hydrogens is 427 g/mol. The second-order valence-electron chi connectivity index (χ2n) is 7.89. The third-order valence-electron chi connectivity index (χ3n) is 5.57. The lowest BCUT2D eigenvalue weighted by Gasteiger charge is -2.13. The average Bonchev–Trinajstić information content (AvgIpc) is 3.39. The van der Waals surface area contributed by atoms with Crippen molar-refractivity contribution < 1.29 is 18.7 Å². The first-order chi connectivity index (χ1) is 15.9. The van der Waals surface area contributed by atoms with E-state index < -0.39 is 5.82 Å². The molecule has 0 spiro atoms. The topological polar surface area (TPSA) is 87.4 Å². The first-order valence-electron chi connectivity index (χ1n) is 10.4. The highest BCUT2D eigenvalue weighted by molar-refractivity contribution is 5.85. The molecule has 9 heteroatoms. The number of benzene rings is 2. The number of hydrogen-bond acceptors (Lipinski definition) is 5. The van der Waals surface area contributed by atoms with Gasteiger partial charge in [-0.2, -0.15) is 5.10 Å². The van der Waals surface area contributed by atoms with Crippen LogP contribution in [0, 0.1) is 19.7 Å². The van der Waals surface area contributed by atoms with Gasteiger partial charge in [-0.1, -0.05) is 12.1 Å². The molecule has 1 aliphatic heterocycles. The van der Waals surface area contributed by atoms with E-state index in [1.54, 1.807) is 24.3 Å². The minimum atomic E-state index is -0.420. The Labute approximate surface area is 188 Å². The summed E-state index contributed by atoms with van der Waals surface area (Å²) in [5.41, 5.74) is 2.84. The van der Waals surface area contributed by atoms with E-state index in [1.807, 2.05) is 19.9 Å². The van der Waals surface area contributed by atoms with Gasteiger partial charge in [-0.25, -0.2) is 9.07 Å². The van der Waals surface area contributed by atoms with Crippen LogP contribution in [0.4, 0.5) is 4.39 Å². The zero-order chi connectivity index (χ0) is 23.1. The molecule has 2 aromatic heterocycles. The van der Waals surface area contributed by atoms with Crippen LogP contribution in [0.25, 0.3) is 16.7 Å². The summed E-state index contributed by atoms with van der Waals surface area (Å²) in [6.07, 6.45) is 0. The molecule has 0 aliphatic carbocycles. The highest BCUT2D eigenvalue weighted by atomic mass is 19.1. The lowest BCUT2D eigenvalue weighted by Crippen LogP contribution is -2.32. The van der Waals surface area contributed by atoms with Crippen molar-refractivity contribution in [1.82, 2.24) is 19.7 Å². The summed E-state index contributed by atoms with van der Waals surface area (Å²) in [6, 6.07) is 12.9. The predicted octanol–water partition coefficient (Wildman–Crippen LogP) is 2.99. The number of aryl methyl sites for hydroxylation is 2. The number of nitrogens with zero attached hydrogens (tertiary/aromatic N) is 3. The molecule has 5 rings (SSSR count). The van der Waals surface area contributed by atoms with Crippen molar-refractivity contribution in [2.24, 2.45) is 0 Å². The van der Waals surface area contributed by atoms with Gasteiger partial charge in [-0.05, 0) is 55.3 Å². The molecule has 0 atom stereocenters. The fourth-order valence-electron chi connectivity index (χ4n) is 4.06. The molecule has 1 N–H and O–H groups in total. The fraction of sp³-hybridized carbons (Fsp3) is 0.208. The van der Waals surface area contributed by atoms with Crippen molar-refractivity contribution in [3.63, 3.8) is 0 Å². The van der Waals surface area contributed by atoms with Gasteiger partial charge in [0.15, 0.2) is 11.5 Å². The normalized spacial score (nSPS) is 12.3. The third kappa shape index (κ3) is 3.82. The van der Waals surface area contributed by atoms with Crippen molar-refractivity contribution in [2.45, 2.75) is 26.9 Å². The molecular formula is C24H21FN4O4. The number of rotatable bonds is 5. The summed E-state index contributed by atoms with van der Waals surface area (Å²) in [6.45, 7) is 3.87. The summed E-state index contributed by atoms with van der Waals surface area (Å²) in [7, 11) is 0. The standard InChI is InChI=1S/C24H21FN4O4/c1-14-8-22(31)28(12-21(30)26-11-16-6-7-19-20(9-16)33-13-32-19)24-23(14)15(2)27-29(24)18-5-3-4-17(25)10-18/h3-10H,11-13H2,1-2H3,(H,26,30). The highest BCUT2D eigenvalue weighted by Gasteiger charge is 2.19. The SMILES string of the molecule is Cc1cc(=O)n(CC(=O)NCc2ccc3c(c2)OCO3)c2c1c(C)nn2-c1cccc(F)c1. The minimum absolute atomic E-state index is 0.176. The van der Waals surface area contributed by atoms with Crippen LogP contribution in [-0.2, 0) is 17.9 Å². The van der Waals surface area contributed by atoms with E-state index in [0.29, 0.717) is 28.5 Å². The summed E-state index contributed by atoms with van der Waals surface area (Å²) < 4.78 is 27.4. The number of hydrogen-bond donors (Lipinski definition) is 1. The van der Waals surface area contributed by atoms with Gasteiger partial charge >= 0.3 is 0 Å². The number of nitrogens with one attached hydrogen (secondary N) is 1. The molecule has 8 nitrogen and oxygen atoms in total. The van der Waals surface area contributed by atoms with Gasteiger partial charge in [0.2, 0.25) is 12.7 Å². The largest absolute Gasteiger partial charge is 0.454 e. The van der Waals surface area contributed by atoms with Gasteiger partial charge < -0.3 is 14.8 Å². The molecule has 0 fully saturated rings. The van der Waals surface area contributed by atoms with Gasteiger partial charge in [-0.15, -0.1) is 0 Å². The summed E-state index contributed by atoms with van der Waals surface area (Å²) >= 11 is 0. The summed E-state index contributed by atoms with van der Waals surface area (Å²) in [4.78, 5) is 25.7. The Morgan fingerprint density at radius 3 is 2.76 bits per heavy atom. The molecule has 4 aromatic rings. The maximum absolute atomic E-state index is 13.9. The molecule has 0 bridgehead atoms. The molecule has 3 heterocycles. The molecule has 1 aliphatic rings. The van der Waals surface area contributed by atoms with Crippen LogP contribution in [0.5, 0.6) is 11.5 Å². The van der Waals surface area contributed by atoms with Crippen molar-refractivity contribution >= 4 is 16.9 Å². The van der Waals surface area contributed by atoms with E-state index in [-0.39, 0.29) is 31.3 Å². The van der Waals surface area contributed by atoms with Crippen LogP contribution in [0.15, 0.2) is 53.3 Å². The number of carbonyl (C=O) groups excluding carboxylic acids is 1. The van der Waals surface area contributed by atoms with E-state index in [9.17, 15) is 14.0 Å². The first-order valence-corrected chi connectivity index (χ1v) is 10.4. The number of pyridine rings is 1. The van der Waals surface area contributed by atoms with Crippen LogP contribution in [-0.4, -0.2) is 27.0 Å². The second kappa shape index (κ2) is 8.09. The lowest BCUT2D eigenvalue weighted by molar-refractivity contribution is -0.121. The molecule has 0 saturated carbocycles. The number of ether oxygens (including phenoxy) is 2. The second-order valence-corrected chi connectivity index (χ2v) is 7.89. The van der Waals surface area contributed by atoms with Crippen LogP contribution in [0.2, 0.25) is 0 Å². The Morgan fingerprint density at radius 2 is 1.94 bits per heavy atom. The Bertz CT molecular complexity index is 1460. The quantitative estimate of drug-likeness (QED) is 0.507. The van der Waals surface area contributed by atoms with Crippen LogP contribution in [0.3, 0.4) is 0 Å². The van der Waals surface area contributed by atoms with Gasteiger partial charge in [0.1, 0.15) is 18.0 Å². The van der Waals surface area contributed by atoms with Crippen LogP contribution >= 0.6 is 0 Å². The number of halogens is 1. The Hall–Kier alpha value is -4.14. The molecule has 168 valence electrons. The summed E-state index contributed by atoms with van der Waals surface area (Å²) in [5, 5.41) is 8.12.